The van der Waals surface area contributed by atoms with Crippen molar-refractivity contribution in [3.8, 4) is 0 Å². The molecule has 0 aliphatic carbocycles. The molecule has 0 saturated heterocycles. The van der Waals surface area contributed by atoms with Crippen molar-refractivity contribution in [3.05, 3.63) is 71.8 Å². The number of carbonyl (C=O) groups is 5. The van der Waals surface area contributed by atoms with E-state index in [-0.39, 0.29) is 25.7 Å². The first kappa shape index (κ1) is 29.9. The maximum absolute atomic E-state index is 12.9. The minimum Gasteiger partial charge on any atom is -0.480 e. The zero-order valence-corrected chi connectivity index (χ0v) is 20.7. The third-order valence-corrected chi connectivity index (χ3v) is 5.66. The molecule has 204 valence electrons. The maximum atomic E-state index is 12.9. The number of nitrogens with one attached hydrogen (secondary N) is 3. The molecule has 12 heteroatoms. The van der Waals surface area contributed by atoms with Gasteiger partial charge in [0.1, 0.15) is 18.1 Å². The molecule has 12 nitrogen and oxygen atoms in total. The summed E-state index contributed by atoms with van der Waals surface area (Å²) in [5.74, 6) is -4.51. The summed E-state index contributed by atoms with van der Waals surface area (Å²) >= 11 is 0. The molecule has 2 rings (SSSR count). The van der Waals surface area contributed by atoms with E-state index >= 15 is 0 Å². The van der Waals surface area contributed by atoms with Crippen LogP contribution in [0.25, 0.3) is 0 Å². The van der Waals surface area contributed by atoms with Gasteiger partial charge in [-0.1, -0.05) is 60.7 Å². The van der Waals surface area contributed by atoms with E-state index in [2.05, 4.69) is 16.0 Å². The van der Waals surface area contributed by atoms with Crippen LogP contribution in [0, 0.1) is 0 Å². The van der Waals surface area contributed by atoms with Gasteiger partial charge >= 0.3 is 5.97 Å². The van der Waals surface area contributed by atoms with Gasteiger partial charge in [-0.25, -0.2) is 4.79 Å². The molecule has 0 bridgehead atoms. The van der Waals surface area contributed by atoms with Crippen molar-refractivity contribution in [1.29, 1.82) is 0 Å². The molecule has 0 aliphatic rings. The SMILES string of the molecule is NC(=O)CCC(NC(=O)C(N)Cc1ccccc1)C(=O)NC(CO)C(=O)NC(Cc1ccccc1)C(=O)O. The number of carbonyl (C=O) groups excluding carboxylic acids is 4. The number of rotatable bonds is 15. The Morgan fingerprint density at radius 3 is 1.68 bits per heavy atom. The van der Waals surface area contributed by atoms with Crippen molar-refractivity contribution in [2.45, 2.75) is 49.9 Å². The molecule has 0 spiro atoms. The summed E-state index contributed by atoms with van der Waals surface area (Å²) in [5.41, 5.74) is 12.6. The fourth-order valence-electron chi connectivity index (χ4n) is 3.58. The van der Waals surface area contributed by atoms with Crippen LogP contribution >= 0.6 is 0 Å². The Morgan fingerprint density at radius 2 is 1.18 bits per heavy atom. The Morgan fingerprint density at radius 1 is 0.711 bits per heavy atom. The van der Waals surface area contributed by atoms with E-state index in [9.17, 15) is 34.2 Å². The topological polar surface area (TPSA) is 214 Å². The molecule has 2 aromatic carbocycles. The van der Waals surface area contributed by atoms with Gasteiger partial charge in [-0.05, 0) is 24.0 Å². The van der Waals surface area contributed by atoms with E-state index in [1.807, 2.05) is 6.07 Å². The molecule has 0 heterocycles. The third kappa shape index (κ3) is 9.99. The number of benzene rings is 2. The number of carboxylic acids is 1. The Bertz CT molecular complexity index is 1100. The Hall–Kier alpha value is -4.29. The smallest absolute Gasteiger partial charge is 0.326 e. The number of nitrogens with two attached hydrogens (primary N) is 2. The minimum atomic E-state index is -1.52. The van der Waals surface area contributed by atoms with Gasteiger partial charge in [0, 0.05) is 12.8 Å². The average Bonchev–Trinajstić information content (AvgIpc) is 2.89. The lowest BCUT2D eigenvalue weighted by atomic mass is 10.0. The van der Waals surface area contributed by atoms with E-state index in [0.29, 0.717) is 5.56 Å². The quantitative estimate of drug-likeness (QED) is 0.146. The Labute approximate surface area is 219 Å². The van der Waals surface area contributed by atoms with Crippen molar-refractivity contribution < 1.29 is 34.2 Å². The van der Waals surface area contributed by atoms with E-state index in [1.165, 1.54) is 0 Å². The van der Waals surface area contributed by atoms with Crippen molar-refractivity contribution in [2.24, 2.45) is 11.5 Å². The number of carboxylic acid groups (broad SMARTS) is 1. The minimum absolute atomic E-state index is 0.0232. The molecule has 0 aliphatic heterocycles. The molecular weight excluding hydrogens is 494 g/mol. The number of aliphatic hydroxyl groups excluding tert-OH is 1. The lowest BCUT2D eigenvalue weighted by Crippen LogP contribution is -2.58. The first-order valence-electron chi connectivity index (χ1n) is 12.0. The molecule has 0 aromatic heterocycles. The summed E-state index contributed by atoms with van der Waals surface area (Å²) in [6.07, 6.45) is -0.266. The highest BCUT2D eigenvalue weighted by molar-refractivity contribution is 5.94. The summed E-state index contributed by atoms with van der Waals surface area (Å²) < 4.78 is 0. The molecule has 0 radical (unpaired) electrons. The van der Waals surface area contributed by atoms with Crippen LogP contribution in [0.15, 0.2) is 60.7 Å². The highest BCUT2D eigenvalue weighted by Crippen LogP contribution is 2.06. The number of aliphatic hydroxyl groups is 1. The summed E-state index contributed by atoms with van der Waals surface area (Å²) in [4.78, 5) is 61.3. The van der Waals surface area contributed by atoms with E-state index < -0.39 is 60.4 Å². The molecule has 0 saturated carbocycles. The maximum Gasteiger partial charge on any atom is 0.326 e. The molecule has 4 amide bonds. The van der Waals surface area contributed by atoms with Crippen molar-refractivity contribution >= 4 is 29.6 Å². The van der Waals surface area contributed by atoms with Crippen LogP contribution in [0.2, 0.25) is 0 Å². The molecule has 0 fully saturated rings. The molecule has 4 unspecified atom stereocenters. The second-order valence-electron chi connectivity index (χ2n) is 8.70. The lowest BCUT2D eigenvalue weighted by Gasteiger charge is -2.24. The van der Waals surface area contributed by atoms with Crippen molar-refractivity contribution in [2.75, 3.05) is 6.61 Å². The van der Waals surface area contributed by atoms with Gasteiger partial charge < -0.3 is 37.6 Å². The average molecular weight is 528 g/mol. The fourth-order valence-corrected chi connectivity index (χ4v) is 3.58. The van der Waals surface area contributed by atoms with Gasteiger partial charge in [-0.3, -0.25) is 19.2 Å². The van der Waals surface area contributed by atoms with Gasteiger partial charge in [0.05, 0.1) is 12.6 Å². The van der Waals surface area contributed by atoms with Crippen LogP contribution < -0.4 is 27.4 Å². The summed E-state index contributed by atoms with van der Waals surface area (Å²) in [6.45, 7) is -0.848. The first-order chi connectivity index (χ1) is 18.1. The molecule has 38 heavy (non-hydrogen) atoms. The third-order valence-electron chi connectivity index (χ3n) is 5.66. The van der Waals surface area contributed by atoms with Crippen LogP contribution in [0.4, 0.5) is 0 Å². The van der Waals surface area contributed by atoms with E-state index in [4.69, 9.17) is 11.5 Å². The number of aliphatic carboxylic acids is 1. The zero-order valence-electron chi connectivity index (χ0n) is 20.7. The predicted molar refractivity (Wildman–Crippen MR) is 137 cm³/mol. The van der Waals surface area contributed by atoms with Gasteiger partial charge in [-0.2, -0.15) is 0 Å². The van der Waals surface area contributed by atoms with Crippen LogP contribution in [0.5, 0.6) is 0 Å². The number of hydrogen-bond donors (Lipinski definition) is 7. The highest BCUT2D eigenvalue weighted by atomic mass is 16.4. The predicted octanol–water partition coefficient (Wildman–Crippen LogP) is -1.40. The summed E-state index contributed by atoms with van der Waals surface area (Å²) in [5, 5.41) is 26.3. The number of hydrogen-bond acceptors (Lipinski definition) is 7. The number of primary amides is 1. The molecule has 9 N–H and O–H groups in total. The second kappa shape index (κ2) is 15.1. The van der Waals surface area contributed by atoms with Crippen LogP contribution in [0.3, 0.4) is 0 Å². The van der Waals surface area contributed by atoms with Crippen molar-refractivity contribution in [3.63, 3.8) is 0 Å². The van der Waals surface area contributed by atoms with Gasteiger partial charge in [0.25, 0.3) is 0 Å². The monoisotopic (exact) mass is 527 g/mol. The Kier molecular flexibility index (Phi) is 11.9. The molecule has 2 aromatic rings. The van der Waals surface area contributed by atoms with E-state index in [0.717, 1.165) is 5.56 Å². The number of amides is 4. The standard InChI is InChI=1S/C26H33N5O7/c27-18(13-16-7-3-1-4-8-16)23(34)29-19(11-12-22(28)33)24(35)31-21(15-32)25(36)30-20(26(37)38)14-17-9-5-2-6-10-17/h1-10,18-21,32H,11-15,27H2,(H2,28,33)(H,29,34)(H,30,36)(H,31,35)(H,37,38). The fraction of sp³-hybridized carbons (Fsp3) is 0.346. The molecular formula is C26H33N5O7. The van der Waals surface area contributed by atoms with Gasteiger partial charge in [-0.15, -0.1) is 0 Å². The highest BCUT2D eigenvalue weighted by Gasteiger charge is 2.30. The van der Waals surface area contributed by atoms with Gasteiger partial charge in [0.15, 0.2) is 0 Å². The van der Waals surface area contributed by atoms with Gasteiger partial charge in [0.2, 0.25) is 23.6 Å². The zero-order chi connectivity index (χ0) is 28.1. The normalized spacial score (nSPS) is 13.8. The summed E-state index contributed by atoms with van der Waals surface area (Å²) in [7, 11) is 0. The van der Waals surface area contributed by atoms with Crippen LogP contribution in [-0.4, -0.2) is 70.6 Å². The van der Waals surface area contributed by atoms with Crippen molar-refractivity contribution in [1.82, 2.24) is 16.0 Å². The van der Waals surface area contributed by atoms with Crippen LogP contribution in [0.1, 0.15) is 24.0 Å². The summed E-state index contributed by atoms with van der Waals surface area (Å²) in [6, 6.07) is 12.4. The van der Waals surface area contributed by atoms with Crippen LogP contribution in [-0.2, 0) is 36.8 Å². The lowest BCUT2D eigenvalue weighted by molar-refractivity contribution is -0.142. The first-order valence-corrected chi connectivity index (χ1v) is 12.0. The Balaban J connectivity index is 2.05. The van der Waals surface area contributed by atoms with E-state index in [1.54, 1.807) is 54.6 Å². The largest absolute Gasteiger partial charge is 0.480 e. The second-order valence-corrected chi connectivity index (χ2v) is 8.70. The molecule has 4 atom stereocenters.